The van der Waals surface area contributed by atoms with Gasteiger partial charge in [-0.2, -0.15) is 0 Å². The lowest BCUT2D eigenvalue weighted by molar-refractivity contribution is -0.336. The lowest BCUT2D eigenvalue weighted by atomic mass is 10.0. The Morgan fingerprint density at radius 3 is 2.31 bits per heavy atom. The maximum atomic E-state index is 13.5. The monoisotopic (exact) mass is 472 g/mol. The summed E-state index contributed by atoms with van der Waals surface area (Å²) in [5.74, 6) is 1.57. The molecule has 2 heterocycles. The summed E-state index contributed by atoms with van der Waals surface area (Å²) in [5, 5.41) is 0. The quantitative estimate of drug-likeness (QED) is 0.395. The van der Waals surface area contributed by atoms with Gasteiger partial charge in [0.15, 0.2) is 5.70 Å². The Labute approximate surface area is 205 Å². The Hall–Kier alpha value is -3.71. The van der Waals surface area contributed by atoms with Gasteiger partial charge in [-0.3, -0.25) is 0 Å². The average Bonchev–Trinajstić information content (AvgIpc) is 3.44. The third kappa shape index (κ3) is 5.52. The number of hydrogen-bond acceptors (Lipinski definition) is 2. The number of aryl methyl sites for hydroxylation is 2. The summed E-state index contributed by atoms with van der Waals surface area (Å²) >= 11 is 0. The first-order valence-corrected chi connectivity index (χ1v) is 11.6. The van der Waals surface area contributed by atoms with E-state index in [1.807, 2.05) is 86.1 Å². The van der Waals surface area contributed by atoms with Gasteiger partial charge in [-0.1, -0.05) is 35.9 Å². The number of aromatic nitrogens is 1. The van der Waals surface area contributed by atoms with Crippen LogP contribution in [-0.4, -0.2) is 29.2 Å². The molecule has 3 aromatic rings. The second-order valence-corrected chi connectivity index (χ2v) is 8.57. The van der Waals surface area contributed by atoms with Crippen molar-refractivity contribution in [1.29, 1.82) is 0 Å². The van der Waals surface area contributed by atoms with Crippen molar-refractivity contribution >= 4 is 31.3 Å². The summed E-state index contributed by atoms with van der Waals surface area (Å²) in [4.78, 5) is 0. The molecule has 0 fully saturated rings. The number of allylic oxidation sites excluding steroid dienone is 2. The normalized spacial score (nSPS) is 14.5. The molecule has 1 aromatic heterocycles. The fourth-order valence-electron chi connectivity index (χ4n) is 4.28. The SMILES string of the molecule is Cc1ccc(Oc2ccc(/C=C/c3cc(C)c(C(CCN)=C4C=CC=[N+]4B(F)F)n3C)cc2)cc1. The van der Waals surface area contributed by atoms with E-state index in [1.54, 1.807) is 12.2 Å². The summed E-state index contributed by atoms with van der Waals surface area (Å²) in [6.45, 7) is 4.41. The van der Waals surface area contributed by atoms with Gasteiger partial charge in [0.05, 0.1) is 5.69 Å². The third-order valence-corrected chi connectivity index (χ3v) is 6.02. The summed E-state index contributed by atoms with van der Waals surface area (Å²) < 4.78 is 36.0. The van der Waals surface area contributed by atoms with Crippen LogP contribution < -0.4 is 10.5 Å². The fourth-order valence-corrected chi connectivity index (χ4v) is 4.28. The van der Waals surface area contributed by atoms with Gasteiger partial charge >= 0.3 is 7.40 Å². The first kappa shape index (κ1) is 24.4. The number of nitrogens with two attached hydrogens (primary N) is 1. The highest BCUT2D eigenvalue weighted by Gasteiger charge is 2.40. The molecule has 7 heteroatoms. The van der Waals surface area contributed by atoms with Crippen LogP contribution in [0.1, 0.15) is 34.5 Å². The molecule has 0 saturated carbocycles. The minimum atomic E-state index is -2.61. The molecule has 2 aromatic carbocycles. The van der Waals surface area contributed by atoms with Gasteiger partial charge in [0, 0.05) is 30.5 Å². The highest BCUT2D eigenvalue weighted by molar-refractivity contribution is 6.34. The number of hydrogen-bond donors (Lipinski definition) is 1. The van der Waals surface area contributed by atoms with Crippen LogP contribution in [-0.2, 0) is 7.05 Å². The Balaban J connectivity index is 1.57. The van der Waals surface area contributed by atoms with Crippen LogP contribution in [0.2, 0.25) is 0 Å². The lowest BCUT2D eigenvalue weighted by Gasteiger charge is -2.12. The van der Waals surface area contributed by atoms with Gasteiger partial charge in [-0.15, -0.1) is 0 Å². The van der Waals surface area contributed by atoms with Crippen LogP contribution in [0.15, 0.2) is 72.4 Å². The van der Waals surface area contributed by atoms with E-state index >= 15 is 0 Å². The second-order valence-electron chi connectivity index (χ2n) is 8.57. The zero-order valence-corrected chi connectivity index (χ0v) is 20.2. The number of halogens is 2. The van der Waals surface area contributed by atoms with E-state index in [-0.39, 0.29) is 0 Å². The highest BCUT2D eigenvalue weighted by atomic mass is 19.2. The van der Waals surface area contributed by atoms with E-state index in [2.05, 4.69) is 6.07 Å². The first-order valence-electron chi connectivity index (χ1n) is 11.6. The van der Waals surface area contributed by atoms with Crippen molar-refractivity contribution in [3.8, 4) is 11.5 Å². The fraction of sp³-hybridized carbons (Fsp3) is 0.179. The molecule has 0 unspecified atom stereocenters. The van der Waals surface area contributed by atoms with Crippen LogP contribution in [0.4, 0.5) is 8.63 Å². The van der Waals surface area contributed by atoms with Gasteiger partial charge in [-0.05, 0) is 74.3 Å². The van der Waals surface area contributed by atoms with Crippen molar-refractivity contribution in [2.45, 2.75) is 20.3 Å². The minimum Gasteiger partial charge on any atom is -0.457 e. The molecule has 0 radical (unpaired) electrons. The van der Waals surface area contributed by atoms with Crippen LogP contribution in [0.5, 0.6) is 11.5 Å². The number of ether oxygens (including phenoxy) is 1. The van der Waals surface area contributed by atoms with E-state index in [9.17, 15) is 8.63 Å². The largest absolute Gasteiger partial charge is 0.934 e. The van der Waals surface area contributed by atoms with E-state index in [0.717, 1.165) is 44.1 Å². The summed E-state index contributed by atoms with van der Waals surface area (Å²) in [6, 6.07) is 17.9. The summed E-state index contributed by atoms with van der Waals surface area (Å²) in [6.07, 6.45) is 9.32. The Kier molecular flexibility index (Phi) is 7.47. The van der Waals surface area contributed by atoms with Gasteiger partial charge in [0.2, 0.25) is 0 Å². The van der Waals surface area contributed by atoms with Crippen molar-refractivity contribution in [2.24, 2.45) is 12.8 Å². The van der Waals surface area contributed by atoms with Gasteiger partial charge < -0.3 is 15.0 Å². The molecule has 4 rings (SSSR count). The molecule has 178 valence electrons. The minimum absolute atomic E-state index is 0.372. The van der Waals surface area contributed by atoms with Gasteiger partial charge in [0.1, 0.15) is 17.7 Å². The van der Waals surface area contributed by atoms with Crippen LogP contribution >= 0.6 is 0 Å². The maximum absolute atomic E-state index is 13.5. The molecule has 0 atom stereocenters. The zero-order valence-electron chi connectivity index (χ0n) is 20.2. The molecule has 0 bridgehead atoms. The third-order valence-electron chi connectivity index (χ3n) is 6.02. The smallest absolute Gasteiger partial charge is 0.457 e. The maximum Gasteiger partial charge on any atom is 0.934 e. The highest BCUT2D eigenvalue weighted by Crippen LogP contribution is 2.31. The van der Waals surface area contributed by atoms with Crippen molar-refractivity contribution in [3.63, 3.8) is 0 Å². The van der Waals surface area contributed by atoms with Crippen molar-refractivity contribution in [2.75, 3.05) is 6.54 Å². The molecule has 0 aliphatic carbocycles. The topological polar surface area (TPSA) is 43.2 Å². The Morgan fingerprint density at radius 2 is 1.69 bits per heavy atom. The van der Waals surface area contributed by atoms with E-state index < -0.39 is 7.40 Å². The molecule has 0 spiro atoms. The average molecular weight is 472 g/mol. The van der Waals surface area contributed by atoms with Crippen LogP contribution in [0.3, 0.4) is 0 Å². The van der Waals surface area contributed by atoms with E-state index in [1.165, 1.54) is 11.8 Å². The summed E-state index contributed by atoms with van der Waals surface area (Å²) in [5.41, 5.74) is 12.3. The molecule has 4 nitrogen and oxygen atoms in total. The zero-order chi connectivity index (χ0) is 24.9. The molecule has 0 saturated heterocycles. The number of benzene rings is 2. The summed E-state index contributed by atoms with van der Waals surface area (Å²) in [7, 11) is -0.655. The number of rotatable bonds is 8. The van der Waals surface area contributed by atoms with Gasteiger partial charge in [0.25, 0.3) is 0 Å². The van der Waals surface area contributed by atoms with Crippen LogP contribution in [0, 0.1) is 13.8 Å². The number of nitrogens with zero attached hydrogens (tertiary/aromatic N) is 2. The molecule has 0 amide bonds. The van der Waals surface area contributed by atoms with Crippen molar-refractivity contribution in [1.82, 2.24) is 4.57 Å². The van der Waals surface area contributed by atoms with Crippen molar-refractivity contribution in [3.05, 3.63) is 101 Å². The molecule has 35 heavy (non-hydrogen) atoms. The predicted octanol–water partition coefficient (Wildman–Crippen LogP) is 6.24. The van der Waals surface area contributed by atoms with Crippen molar-refractivity contribution < 1.29 is 17.9 Å². The van der Waals surface area contributed by atoms with Gasteiger partial charge in [-0.25, -0.2) is 13.1 Å². The Morgan fingerprint density at radius 1 is 1.03 bits per heavy atom. The standard InChI is InChI=1S/C28H29BF2N3O/c1-20-6-12-24(13-7-20)35-25-14-9-22(10-15-25)8-11-23-19-21(2)28(33(23)3)26(16-17-32)27-5-4-18-34(27)29(30)31/h4-15,18-19H,16-17,32H2,1-3H3/q+1/b11-8+. The first-order chi connectivity index (χ1) is 16.9. The molecular weight excluding hydrogens is 443 g/mol. The van der Waals surface area contributed by atoms with E-state index in [4.69, 9.17) is 10.5 Å². The molecular formula is C28H29BF2N3O+. The Bertz CT molecular complexity index is 1320. The second kappa shape index (κ2) is 10.7. The molecule has 2 N–H and O–H groups in total. The molecule has 1 aliphatic heterocycles. The van der Waals surface area contributed by atoms with Crippen LogP contribution in [0.25, 0.3) is 17.7 Å². The molecule has 1 aliphatic rings. The lowest BCUT2D eigenvalue weighted by Crippen LogP contribution is -2.21. The van der Waals surface area contributed by atoms with E-state index in [0.29, 0.717) is 18.7 Å². The predicted molar refractivity (Wildman–Crippen MR) is 141 cm³/mol.